The highest BCUT2D eigenvalue weighted by atomic mass is 16.5. The van der Waals surface area contributed by atoms with Gasteiger partial charge in [-0.15, -0.1) is 0 Å². The zero-order valence-electron chi connectivity index (χ0n) is 11.9. The lowest BCUT2D eigenvalue weighted by Gasteiger charge is -2.40. The number of carbonyl (C=O) groups excluding carboxylic acids is 1. The van der Waals surface area contributed by atoms with Crippen LogP contribution in [-0.2, 0) is 9.53 Å². The van der Waals surface area contributed by atoms with Gasteiger partial charge in [0.15, 0.2) is 5.78 Å². The topological polar surface area (TPSA) is 26.3 Å². The van der Waals surface area contributed by atoms with E-state index in [0.717, 1.165) is 43.9 Å². The number of rotatable bonds is 6. The van der Waals surface area contributed by atoms with E-state index in [1.807, 2.05) is 6.92 Å². The van der Waals surface area contributed by atoms with Gasteiger partial charge < -0.3 is 4.74 Å². The Bertz CT molecular complexity index is 237. The Morgan fingerprint density at radius 2 is 1.88 bits per heavy atom. The summed E-state index contributed by atoms with van der Waals surface area (Å²) in [4.78, 5) is 12.3. The van der Waals surface area contributed by atoms with Crippen molar-refractivity contribution in [1.29, 1.82) is 0 Å². The van der Waals surface area contributed by atoms with Crippen LogP contribution in [0.15, 0.2) is 0 Å². The van der Waals surface area contributed by atoms with Crippen molar-refractivity contribution in [3.05, 3.63) is 0 Å². The maximum atomic E-state index is 12.3. The number of ether oxygens (including phenoxy) is 1. The average Bonchev–Trinajstić information content (AvgIpc) is 2.30. The fourth-order valence-corrected chi connectivity index (χ4v) is 3.01. The zero-order valence-corrected chi connectivity index (χ0v) is 11.9. The predicted molar refractivity (Wildman–Crippen MR) is 71.1 cm³/mol. The molecule has 0 unspecified atom stereocenters. The van der Waals surface area contributed by atoms with Crippen LogP contribution < -0.4 is 0 Å². The lowest BCUT2D eigenvalue weighted by atomic mass is 9.72. The summed E-state index contributed by atoms with van der Waals surface area (Å²) in [5.41, 5.74) is -0.434. The van der Waals surface area contributed by atoms with Gasteiger partial charge in [0.25, 0.3) is 0 Å². The Hall–Kier alpha value is -0.370. The Labute approximate surface area is 106 Å². The van der Waals surface area contributed by atoms with Crippen molar-refractivity contribution in [3.8, 4) is 0 Å². The highest BCUT2D eigenvalue weighted by Gasteiger charge is 2.41. The molecule has 0 aromatic rings. The summed E-state index contributed by atoms with van der Waals surface area (Å²) in [5, 5.41) is 0. The largest absolute Gasteiger partial charge is 0.368 e. The van der Waals surface area contributed by atoms with Gasteiger partial charge in [0.05, 0.1) is 0 Å². The van der Waals surface area contributed by atoms with Gasteiger partial charge in [0, 0.05) is 13.0 Å². The van der Waals surface area contributed by atoms with Crippen LogP contribution in [0.2, 0.25) is 0 Å². The first kappa shape index (κ1) is 14.7. The molecular weight excluding hydrogens is 212 g/mol. The maximum Gasteiger partial charge on any atom is 0.164 e. The molecule has 2 nitrogen and oxygen atoms in total. The van der Waals surface area contributed by atoms with Gasteiger partial charge in [-0.25, -0.2) is 0 Å². The summed E-state index contributed by atoms with van der Waals surface area (Å²) in [5.74, 6) is 1.85. The molecular formula is C15H28O2. The summed E-state index contributed by atoms with van der Waals surface area (Å²) in [6, 6.07) is 0. The summed E-state index contributed by atoms with van der Waals surface area (Å²) in [7, 11) is 0. The Morgan fingerprint density at radius 3 is 2.29 bits per heavy atom. The quantitative estimate of drug-likeness (QED) is 0.702. The van der Waals surface area contributed by atoms with Crippen molar-refractivity contribution in [2.45, 2.75) is 71.8 Å². The molecule has 0 radical (unpaired) electrons. The van der Waals surface area contributed by atoms with Crippen LogP contribution in [0.25, 0.3) is 0 Å². The lowest BCUT2D eigenvalue weighted by molar-refractivity contribution is -0.151. The normalized spacial score (nSPS) is 29.6. The second-order valence-electron chi connectivity index (χ2n) is 5.68. The first-order valence-corrected chi connectivity index (χ1v) is 7.23. The molecule has 0 aromatic heterocycles. The van der Waals surface area contributed by atoms with E-state index in [2.05, 4.69) is 20.8 Å². The second-order valence-corrected chi connectivity index (χ2v) is 5.68. The first-order valence-electron chi connectivity index (χ1n) is 7.23. The summed E-state index contributed by atoms with van der Waals surface area (Å²) in [6.45, 7) is 9.28. The zero-order chi connectivity index (χ0) is 12.9. The number of hydrogen-bond acceptors (Lipinski definition) is 2. The van der Waals surface area contributed by atoms with Gasteiger partial charge in [-0.05, 0) is 50.9 Å². The average molecular weight is 240 g/mol. The molecule has 0 aliphatic heterocycles. The molecule has 1 aliphatic carbocycles. The molecule has 0 bridgehead atoms. The third-order valence-electron chi connectivity index (χ3n) is 4.19. The first-order chi connectivity index (χ1) is 8.05. The van der Waals surface area contributed by atoms with E-state index in [4.69, 9.17) is 4.74 Å². The van der Waals surface area contributed by atoms with E-state index in [0.29, 0.717) is 18.8 Å². The Morgan fingerprint density at radius 1 is 1.29 bits per heavy atom. The van der Waals surface area contributed by atoms with E-state index >= 15 is 0 Å². The summed E-state index contributed by atoms with van der Waals surface area (Å²) in [6.07, 6.45) is 5.76. The van der Waals surface area contributed by atoms with Gasteiger partial charge in [-0.1, -0.05) is 20.8 Å². The molecule has 0 atom stereocenters. The standard InChI is InChI=1S/C15H28O2/c1-5-7-14(16)15(17-6-2)10-8-13(9-11-15)12(3)4/h12-13H,5-11H2,1-4H3. The Balaban J connectivity index is 2.66. The van der Waals surface area contributed by atoms with E-state index < -0.39 is 5.60 Å². The van der Waals surface area contributed by atoms with Gasteiger partial charge in [-0.3, -0.25) is 4.79 Å². The molecule has 0 spiro atoms. The van der Waals surface area contributed by atoms with Crippen LogP contribution in [0.3, 0.4) is 0 Å². The minimum atomic E-state index is -0.434. The van der Waals surface area contributed by atoms with Crippen LogP contribution in [-0.4, -0.2) is 18.0 Å². The van der Waals surface area contributed by atoms with E-state index in [1.54, 1.807) is 0 Å². The van der Waals surface area contributed by atoms with Crippen molar-refractivity contribution in [3.63, 3.8) is 0 Å². The summed E-state index contributed by atoms with van der Waals surface area (Å²) < 4.78 is 5.86. The van der Waals surface area contributed by atoms with Crippen molar-refractivity contribution >= 4 is 5.78 Å². The molecule has 17 heavy (non-hydrogen) atoms. The highest BCUT2D eigenvalue weighted by Crippen LogP contribution is 2.39. The van der Waals surface area contributed by atoms with E-state index in [9.17, 15) is 4.79 Å². The third kappa shape index (κ3) is 3.54. The van der Waals surface area contributed by atoms with Crippen molar-refractivity contribution in [1.82, 2.24) is 0 Å². The van der Waals surface area contributed by atoms with Gasteiger partial charge in [0.2, 0.25) is 0 Å². The van der Waals surface area contributed by atoms with Crippen molar-refractivity contribution < 1.29 is 9.53 Å². The minimum Gasteiger partial charge on any atom is -0.368 e. The third-order valence-corrected chi connectivity index (χ3v) is 4.19. The number of hydrogen-bond donors (Lipinski definition) is 0. The minimum absolute atomic E-state index is 0.337. The van der Waals surface area contributed by atoms with E-state index in [-0.39, 0.29) is 0 Å². The Kier molecular flexibility index (Phi) is 5.64. The number of ketones is 1. The molecule has 1 saturated carbocycles. The fraction of sp³-hybridized carbons (Fsp3) is 0.933. The molecule has 0 heterocycles. The number of Topliss-reactive ketones (excluding diaryl/α,β-unsaturated/α-hetero) is 1. The van der Waals surface area contributed by atoms with Crippen LogP contribution in [0, 0.1) is 11.8 Å². The van der Waals surface area contributed by atoms with Crippen molar-refractivity contribution in [2.75, 3.05) is 6.61 Å². The van der Waals surface area contributed by atoms with Gasteiger partial charge in [-0.2, -0.15) is 0 Å². The lowest BCUT2D eigenvalue weighted by Crippen LogP contribution is -2.45. The van der Waals surface area contributed by atoms with Crippen LogP contribution in [0.5, 0.6) is 0 Å². The maximum absolute atomic E-state index is 12.3. The van der Waals surface area contributed by atoms with Gasteiger partial charge >= 0.3 is 0 Å². The molecule has 0 saturated heterocycles. The smallest absolute Gasteiger partial charge is 0.164 e. The summed E-state index contributed by atoms with van der Waals surface area (Å²) >= 11 is 0. The molecule has 1 rings (SSSR count). The second kappa shape index (κ2) is 6.53. The molecule has 1 aliphatic rings. The molecule has 100 valence electrons. The van der Waals surface area contributed by atoms with Crippen LogP contribution >= 0.6 is 0 Å². The number of carbonyl (C=O) groups is 1. The molecule has 2 heteroatoms. The van der Waals surface area contributed by atoms with Gasteiger partial charge in [0.1, 0.15) is 5.60 Å². The fourth-order valence-electron chi connectivity index (χ4n) is 3.01. The van der Waals surface area contributed by atoms with Crippen LogP contribution in [0.4, 0.5) is 0 Å². The highest BCUT2D eigenvalue weighted by molar-refractivity contribution is 5.87. The molecule has 0 amide bonds. The molecule has 0 aromatic carbocycles. The monoisotopic (exact) mass is 240 g/mol. The SMILES string of the molecule is CCCC(=O)C1(OCC)CCC(C(C)C)CC1. The van der Waals surface area contributed by atoms with E-state index in [1.165, 1.54) is 0 Å². The van der Waals surface area contributed by atoms with Crippen LogP contribution in [0.1, 0.15) is 66.2 Å². The van der Waals surface area contributed by atoms with Crippen molar-refractivity contribution in [2.24, 2.45) is 11.8 Å². The predicted octanol–water partition coefficient (Wildman–Crippen LogP) is 3.98. The molecule has 0 N–H and O–H groups in total. The molecule has 1 fully saturated rings.